The first-order valence-electron chi connectivity index (χ1n) is 7.75. The molecule has 0 aromatic carbocycles. The summed E-state index contributed by atoms with van der Waals surface area (Å²) in [6, 6.07) is -0.700. The molecular formula is C14H25N3O4. The van der Waals surface area contributed by atoms with E-state index in [-0.39, 0.29) is 19.1 Å². The minimum absolute atomic E-state index is 0.0309. The Morgan fingerprint density at radius 2 is 1.76 bits per heavy atom. The summed E-state index contributed by atoms with van der Waals surface area (Å²) in [4.78, 5) is 27.2. The van der Waals surface area contributed by atoms with Gasteiger partial charge in [-0.3, -0.25) is 4.90 Å². The van der Waals surface area contributed by atoms with Gasteiger partial charge in [0, 0.05) is 45.2 Å². The average Bonchev–Trinajstić information content (AvgIpc) is 3.01. The quantitative estimate of drug-likeness (QED) is 0.669. The third-order valence-electron chi connectivity index (χ3n) is 4.46. The van der Waals surface area contributed by atoms with Crippen LogP contribution < -0.4 is 5.32 Å². The molecule has 2 aliphatic rings. The number of rotatable bonds is 5. The molecule has 120 valence electrons. The molecule has 0 spiro atoms. The fraction of sp³-hybridized carbons (Fsp3) is 0.857. The third kappa shape index (κ3) is 4.31. The summed E-state index contributed by atoms with van der Waals surface area (Å²) in [5.41, 5.74) is 0. The normalized spacial score (nSPS) is 22.2. The van der Waals surface area contributed by atoms with Gasteiger partial charge in [-0.15, -0.1) is 0 Å². The Hall–Kier alpha value is -1.34. The molecule has 0 aromatic heterocycles. The molecule has 3 N–H and O–H groups in total. The number of carbonyl (C=O) groups excluding carboxylic acids is 1. The van der Waals surface area contributed by atoms with Crippen LogP contribution >= 0.6 is 0 Å². The topological polar surface area (TPSA) is 93.1 Å². The Kier molecular flexibility index (Phi) is 5.81. The van der Waals surface area contributed by atoms with Gasteiger partial charge in [0.25, 0.3) is 0 Å². The van der Waals surface area contributed by atoms with Crippen LogP contribution in [0.1, 0.15) is 32.1 Å². The van der Waals surface area contributed by atoms with Crippen LogP contribution in [0.4, 0.5) is 4.79 Å². The van der Waals surface area contributed by atoms with E-state index < -0.39 is 12.0 Å². The molecule has 7 heteroatoms. The Morgan fingerprint density at radius 3 is 2.29 bits per heavy atom. The van der Waals surface area contributed by atoms with Crippen LogP contribution in [0, 0.1) is 0 Å². The second-order valence-electron chi connectivity index (χ2n) is 5.81. The number of nitrogens with zero attached hydrogens (tertiary/aromatic N) is 2. The number of carboxylic acid groups (broad SMARTS) is 1. The summed E-state index contributed by atoms with van der Waals surface area (Å²) >= 11 is 0. The molecule has 2 rings (SSSR count). The Morgan fingerprint density at radius 1 is 1.14 bits per heavy atom. The molecule has 0 bridgehead atoms. The molecule has 21 heavy (non-hydrogen) atoms. The van der Waals surface area contributed by atoms with Gasteiger partial charge in [0.15, 0.2) is 0 Å². The van der Waals surface area contributed by atoms with E-state index in [1.807, 2.05) is 0 Å². The molecule has 7 nitrogen and oxygen atoms in total. The molecule has 0 aromatic rings. The molecule has 1 aliphatic carbocycles. The van der Waals surface area contributed by atoms with Crippen molar-refractivity contribution in [2.75, 3.05) is 32.8 Å². The number of aliphatic carboxylic acids is 1. The summed E-state index contributed by atoms with van der Waals surface area (Å²) in [7, 11) is 0. The summed E-state index contributed by atoms with van der Waals surface area (Å²) in [6.07, 6.45) is 5.14. The highest BCUT2D eigenvalue weighted by atomic mass is 16.4. The van der Waals surface area contributed by atoms with Crippen LogP contribution in [-0.4, -0.2) is 76.9 Å². The highest BCUT2D eigenvalue weighted by molar-refractivity contribution is 5.82. The van der Waals surface area contributed by atoms with E-state index in [2.05, 4.69) is 10.2 Å². The standard InChI is InChI=1S/C14H25N3O4/c18-10-5-12(13(19)20)15-14(21)17-8-6-16(7-9-17)11-3-1-2-4-11/h11-12,18H,1-10H2,(H,15,21)(H,19,20). The van der Waals surface area contributed by atoms with Gasteiger partial charge in [-0.25, -0.2) is 9.59 Å². The van der Waals surface area contributed by atoms with E-state index in [0.717, 1.165) is 13.1 Å². The van der Waals surface area contributed by atoms with Crippen LogP contribution in [0.15, 0.2) is 0 Å². The molecule has 1 saturated carbocycles. The molecule has 2 amide bonds. The molecule has 1 aliphatic heterocycles. The van der Waals surface area contributed by atoms with E-state index in [1.54, 1.807) is 4.90 Å². The van der Waals surface area contributed by atoms with Crippen molar-refractivity contribution in [3.63, 3.8) is 0 Å². The van der Waals surface area contributed by atoms with Crippen molar-refractivity contribution in [2.24, 2.45) is 0 Å². The predicted octanol–water partition coefficient (Wildman–Crippen LogP) is 0.0918. The van der Waals surface area contributed by atoms with E-state index in [9.17, 15) is 9.59 Å². The van der Waals surface area contributed by atoms with Gasteiger partial charge in [-0.05, 0) is 12.8 Å². The summed E-state index contributed by atoms with van der Waals surface area (Å²) < 4.78 is 0. The van der Waals surface area contributed by atoms with E-state index in [1.165, 1.54) is 25.7 Å². The van der Waals surface area contributed by atoms with Gasteiger partial charge in [0.2, 0.25) is 0 Å². The minimum Gasteiger partial charge on any atom is -0.480 e. The maximum atomic E-state index is 12.1. The smallest absolute Gasteiger partial charge is 0.326 e. The van der Waals surface area contributed by atoms with Crippen molar-refractivity contribution in [2.45, 2.75) is 44.2 Å². The van der Waals surface area contributed by atoms with Crippen LogP contribution in [0.3, 0.4) is 0 Å². The van der Waals surface area contributed by atoms with Gasteiger partial charge in [0.1, 0.15) is 6.04 Å². The third-order valence-corrected chi connectivity index (χ3v) is 4.46. The molecule has 1 unspecified atom stereocenters. The number of carbonyl (C=O) groups is 2. The van der Waals surface area contributed by atoms with Crippen molar-refractivity contribution < 1.29 is 19.8 Å². The van der Waals surface area contributed by atoms with Crippen LogP contribution in [-0.2, 0) is 4.79 Å². The molecule has 2 fully saturated rings. The van der Waals surface area contributed by atoms with Crippen molar-refractivity contribution in [1.82, 2.24) is 15.1 Å². The van der Waals surface area contributed by atoms with Gasteiger partial charge in [-0.2, -0.15) is 0 Å². The van der Waals surface area contributed by atoms with Gasteiger partial charge in [0.05, 0.1) is 0 Å². The number of nitrogens with one attached hydrogen (secondary N) is 1. The first kappa shape index (κ1) is 16.0. The number of piperazine rings is 1. The largest absolute Gasteiger partial charge is 0.480 e. The van der Waals surface area contributed by atoms with Gasteiger partial charge in [-0.1, -0.05) is 12.8 Å². The number of carboxylic acids is 1. The molecule has 1 atom stereocenters. The Balaban J connectivity index is 1.78. The molecule has 1 saturated heterocycles. The van der Waals surface area contributed by atoms with Crippen molar-refractivity contribution in [1.29, 1.82) is 0 Å². The number of hydrogen-bond donors (Lipinski definition) is 3. The fourth-order valence-corrected chi connectivity index (χ4v) is 3.19. The van der Waals surface area contributed by atoms with Crippen molar-refractivity contribution in [3.05, 3.63) is 0 Å². The lowest BCUT2D eigenvalue weighted by Gasteiger charge is -2.38. The zero-order valence-corrected chi connectivity index (χ0v) is 12.3. The predicted molar refractivity (Wildman–Crippen MR) is 77.1 cm³/mol. The molecule has 1 heterocycles. The zero-order chi connectivity index (χ0) is 15.2. The Labute approximate surface area is 124 Å². The van der Waals surface area contributed by atoms with Crippen molar-refractivity contribution >= 4 is 12.0 Å². The van der Waals surface area contributed by atoms with E-state index >= 15 is 0 Å². The van der Waals surface area contributed by atoms with Gasteiger partial charge >= 0.3 is 12.0 Å². The van der Waals surface area contributed by atoms with E-state index in [0.29, 0.717) is 19.1 Å². The SMILES string of the molecule is O=C(O)C(CCO)NC(=O)N1CCN(C2CCCC2)CC1. The maximum Gasteiger partial charge on any atom is 0.326 e. The maximum absolute atomic E-state index is 12.1. The van der Waals surface area contributed by atoms with Crippen LogP contribution in [0.2, 0.25) is 0 Å². The Bertz CT molecular complexity index is 363. The second-order valence-corrected chi connectivity index (χ2v) is 5.81. The summed E-state index contributed by atoms with van der Waals surface area (Å²) in [6.45, 7) is 2.72. The van der Waals surface area contributed by atoms with Crippen LogP contribution in [0.5, 0.6) is 0 Å². The average molecular weight is 299 g/mol. The molecular weight excluding hydrogens is 274 g/mol. The van der Waals surface area contributed by atoms with E-state index in [4.69, 9.17) is 10.2 Å². The number of urea groups is 1. The minimum atomic E-state index is -1.11. The highest BCUT2D eigenvalue weighted by Crippen LogP contribution is 2.24. The summed E-state index contributed by atoms with van der Waals surface area (Å²) in [5.74, 6) is -1.11. The van der Waals surface area contributed by atoms with Crippen LogP contribution in [0.25, 0.3) is 0 Å². The monoisotopic (exact) mass is 299 g/mol. The second kappa shape index (κ2) is 7.61. The lowest BCUT2D eigenvalue weighted by molar-refractivity contribution is -0.139. The highest BCUT2D eigenvalue weighted by Gasteiger charge is 2.29. The lowest BCUT2D eigenvalue weighted by atomic mass is 10.2. The number of aliphatic hydroxyl groups is 1. The van der Waals surface area contributed by atoms with Gasteiger partial charge < -0.3 is 20.4 Å². The first-order chi connectivity index (χ1) is 10.1. The lowest BCUT2D eigenvalue weighted by Crippen LogP contribution is -2.56. The zero-order valence-electron chi connectivity index (χ0n) is 12.3. The number of aliphatic hydroxyl groups excluding tert-OH is 1. The molecule has 0 radical (unpaired) electrons. The van der Waals surface area contributed by atoms with Crippen molar-refractivity contribution in [3.8, 4) is 0 Å². The number of hydrogen-bond acceptors (Lipinski definition) is 4. The summed E-state index contributed by atoms with van der Waals surface area (Å²) in [5, 5.41) is 20.3. The first-order valence-corrected chi connectivity index (χ1v) is 7.75. The fourth-order valence-electron chi connectivity index (χ4n) is 3.19. The number of amides is 2.